The first-order chi connectivity index (χ1) is 10.3. The minimum atomic E-state index is 0.563. The first-order valence-corrected chi connectivity index (χ1v) is 8.10. The Kier molecular flexibility index (Phi) is 3.01. The Morgan fingerprint density at radius 2 is 1.81 bits per heavy atom. The molecule has 4 rings (SSSR count). The van der Waals surface area contributed by atoms with Crippen LogP contribution in [0.1, 0.15) is 44.9 Å². The number of hydrogen-bond donors (Lipinski definition) is 1. The SMILES string of the molecule is Nc1cn2ccnc2c(N2CCC3(CCCCC3)CC2)n1. The van der Waals surface area contributed by atoms with Crippen molar-refractivity contribution in [3.8, 4) is 0 Å². The molecule has 1 aliphatic carbocycles. The Morgan fingerprint density at radius 1 is 1.05 bits per heavy atom. The maximum absolute atomic E-state index is 5.94. The van der Waals surface area contributed by atoms with Gasteiger partial charge in [0, 0.05) is 25.5 Å². The van der Waals surface area contributed by atoms with Gasteiger partial charge in [0.25, 0.3) is 0 Å². The van der Waals surface area contributed by atoms with Gasteiger partial charge in [-0.05, 0) is 31.1 Å². The molecule has 1 saturated carbocycles. The number of nitrogen functional groups attached to an aromatic ring is 1. The van der Waals surface area contributed by atoms with E-state index < -0.39 is 0 Å². The highest BCUT2D eigenvalue weighted by Gasteiger charge is 2.36. The zero-order chi connectivity index (χ0) is 14.3. The highest BCUT2D eigenvalue weighted by atomic mass is 15.2. The summed E-state index contributed by atoms with van der Waals surface area (Å²) in [7, 11) is 0. The van der Waals surface area contributed by atoms with Gasteiger partial charge in [-0.1, -0.05) is 19.3 Å². The molecule has 2 fully saturated rings. The van der Waals surface area contributed by atoms with Crippen molar-refractivity contribution >= 4 is 17.3 Å². The highest BCUT2D eigenvalue weighted by molar-refractivity contribution is 5.66. The second-order valence-electron chi connectivity index (χ2n) is 6.70. The molecule has 5 heteroatoms. The zero-order valence-electron chi connectivity index (χ0n) is 12.5. The van der Waals surface area contributed by atoms with Crippen molar-refractivity contribution in [2.45, 2.75) is 44.9 Å². The van der Waals surface area contributed by atoms with Crippen molar-refractivity contribution in [2.24, 2.45) is 5.41 Å². The number of rotatable bonds is 1. The smallest absolute Gasteiger partial charge is 0.180 e. The molecule has 2 aromatic rings. The third kappa shape index (κ3) is 2.24. The molecule has 1 saturated heterocycles. The van der Waals surface area contributed by atoms with E-state index in [9.17, 15) is 0 Å². The van der Waals surface area contributed by atoms with Crippen LogP contribution in [0.4, 0.5) is 11.6 Å². The number of nitrogens with zero attached hydrogens (tertiary/aromatic N) is 4. The lowest BCUT2D eigenvalue weighted by atomic mass is 9.68. The summed E-state index contributed by atoms with van der Waals surface area (Å²) in [6.07, 6.45) is 15.3. The van der Waals surface area contributed by atoms with Gasteiger partial charge in [0.2, 0.25) is 0 Å². The molecule has 0 atom stereocenters. The van der Waals surface area contributed by atoms with Crippen molar-refractivity contribution in [1.29, 1.82) is 0 Å². The largest absolute Gasteiger partial charge is 0.382 e. The Balaban J connectivity index is 1.58. The maximum Gasteiger partial charge on any atom is 0.180 e. The van der Waals surface area contributed by atoms with Gasteiger partial charge in [-0.2, -0.15) is 0 Å². The third-order valence-electron chi connectivity index (χ3n) is 5.41. The van der Waals surface area contributed by atoms with Crippen LogP contribution < -0.4 is 10.6 Å². The van der Waals surface area contributed by atoms with Gasteiger partial charge in [0.05, 0.1) is 6.20 Å². The van der Waals surface area contributed by atoms with E-state index in [0.29, 0.717) is 11.2 Å². The van der Waals surface area contributed by atoms with Crippen LogP contribution in [0.2, 0.25) is 0 Å². The lowest BCUT2D eigenvalue weighted by Crippen LogP contribution is -2.41. The van der Waals surface area contributed by atoms with Crippen LogP contribution in [0.5, 0.6) is 0 Å². The van der Waals surface area contributed by atoms with Crippen molar-refractivity contribution in [3.05, 3.63) is 18.6 Å². The van der Waals surface area contributed by atoms with E-state index in [4.69, 9.17) is 5.73 Å². The maximum atomic E-state index is 5.94. The lowest BCUT2D eigenvalue weighted by Gasteiger charge is -2.44. The van der Waals surface area contributed by atoms with Crippen molar-refractivity contribution < 1.29 is 0 Å². The molecule has 2 aromatic heterocycles. The van der Waals surface area contributed by atoms with E-state index >= 15 is 0 Å². The number of piperidine rings is 1. The third-order valence-corrected chi connectivity index (χ3v) is 5.41. The topological polar surface area (TPSA) is 59.5 Å². The van der Waals surface area contributed by atoms with Gasteiger partial charge < -0.3 is 15.0 Å². The number of nitrogens with two attached hydrogens (primary N) is 1. The fourth-order valence-corrected chi connectivity index (χ4v) is 4.14. The number of imidazole rings is 1. The van der Waals surface area contributed by atoms with Gasteiger partial charge in [-0.3, -0.25) is 0 Å². The molecule has 2 aliphatic rings. The second kappa shape index (κ2) is 4.90. The number of fused-ring (bicyclic) bond motifs is 1. The van der Waals surface area contributed by atoms with E-state index in [1.165, 1.54) is 44.9 Å². The number of hydrogen-bond acceptors (Lipinski definition) is 4. The summed E-state index contributed by atoms with van der Waals surface area (Å²) in [5.74, 6) is 1.51. The predicted octanol–water partition coefficient (Wildman–Crippen LogP) is 2.86. The van der Waals surface area contributed by atoms with Gasteiger partial charge in [-0.25, -0.2) is 9.97 Å². The Bertz CT molecular complexity index is 631. The molecule has 21 heavy (non-hydrogen) atoms. The van der Waals surface area contributed by atoms with Crippen molar-refractivity contribution in [1.82, 2.24) is 14.4 Å². The fraction of sp³-hybridized carbons (Fsp3) is 0.625. The van der Waals surface area contributed by atoms with E-state index in [0.717, 1.165) is 24.6 Å². The summed E-state index contributed by atoms with van der Waals surface area (Å²) in [5.41, 5.74) is 7.47. The monoisotopic (exact) mass is 285 g/mol. The Morgan fingerprint density at radius 3 is 2.57 bits per heavy atom. The van der Waals surface area contributed by atoms with E-state index in [2.05, 4.69) is 14.9 Å². The van der Waals surface area contributed by atoms with E-state index in [1.54, 1.807) is 0 Å². The van der Waals surface area contributed by atoms with Crippen LogP contribution in [0.3, 0.4) is 0 Å². The molecule has 112 valence electrons. The molecule has 5 nitrogen and oxygen atoms in total. The summed E-state index contributed by atoms with van der Waals surface area (Å²) in [6.45, 7) is 2.16. The molecule has 2 N–H and O–H groups in total. The molecule has 0 unspecified atom stereocenters. The van der Waals surface area contributed by atoms with Gasteiger partial charge >= 0.3 is 0 Å². The Hall–Kier alpha value is -1.78. The first-order valence-electron chi connectivity index (χ1n) is 8.10. The standard InChI is InChI=1S/C16H23N5/c17-13-12-21-11-8-18-14(21)15(19-13)20-9-6-16(7-10-20)4-2-1-3-5-16/h8,11-12H,1-7,9-10,17H2. The molecule has 1 spiro atoms. The van der Waals surface area contributed by atoms with E-state index in [-0.39, 0.29) is 0 Å². The lowest BCUT2D eigenvalue weighted by molar-refractivity contribution is 0.144. The molecule has 0 radical (unpaired) electrons. The highest BCUT2D eigenvalue weighted by Crippen LogP contribution is 2.45. The Labute approximate surface area is 125 Å². The fourth-order valence-electron chi connectivity index (χ4n) is 4.14. The number of aromatic nitrogens is 3. The van der Waals surface area contributed by atoms with Crippen LogP contribution in [-0.4, -0.2) is 27.5 Å². The minimum Gasteiger partial charge on any atom is -0.382 e. The summed E-state index contributed by atoms with van der Waals surface area (Å²) >= 11 is 0. The predicted molar refractivity (Wildman–Crippen MR) is 84.4 cm³/mol. The van der Waals surface area contributed by atoms with E-state index in [1.807, 2.05) is 23.0 Å². The summed E-state index contributed by atoms with van der Waals surface area (Å²) in [6, 6.07) is 0. The normalized spacial score (nSPS) is 22.0. The molecular weight excluding hydrogens is 262 g/mol. The first kappa shape index (κ1) is 12.9. The molecule has 0 aromatic carbocycles. The molecule has 3 heterocycles. The summed E-state index contributed by atoms with van der Waals surface area (Å²) < 4.78 is 1.97. The van der Waals surface area contributed by atoms with Gasteiger partial charge in [0.15, 0.2) is 11.5 Å². The molecule has 1 aliphatic heterocycles. The summed E-state index contributed by atoms with van der Waals surface area (Å²) in [4.78, 5) is 11.4. The quantitative estimate of drug-likeness (QED) is 0.875. The van der Waals surface area contributed by atoms with Gasteiger partial charge in [-0.15, -0.1) is 0 Å². The summed E-state index contributed by atoms with van der Waals surface area (Å²) in [5, 5.41) is 0. The molecular formula is C16H23N5. The van der Waals surface area contributed by atoms with Crippen LogP contribution in [0.25, 0.3) is 5.65 Å². The van der Waals surface area contributed by atoms with Crippen LogP contribution in [-0.2, 0) is 0 Å². The number of anilines is 2. The van der Waals surface area contributed by atoms with Gasteiger partial charge in [0.1, 0.15) is 5.82 Å². The molecule has 0 bridgehead atoms. The second-order valence-corrected chi connectivity index (χ2v) is 6.70. The molecule has 0 amide bonds. The minimum absolute atomic E-state index is 0.563. The van der Waals surface area contributed by atoms with Crippen LogP contribution >= 0.6 is 0 Å². The zero-order valence-corrected chi connectivity index (χ0v) is 12.5. The van der Waals surface area contributed by atoms with Crippen LogP contribution in [0, 0.1) is 5.41 Å². The van der Waals surface area contributed by atoms with Crippen LogP contribution in [0.15, 0.2) is 18.6 Å². The average molecular weight is 285 g/mol. The van der Waals surface area contributed by atoms with Crippen molar-refractivity contribution in [2.75, 3.05) is 23.7 Å². The van der Waals surface area contributed by atoms with Crippen molar-refractivity contribution in [3.63, 3.8) is 0 Å². The average Bonchev–Trinajstić information content (AvgIpc) is 2.96.